The van der Waals surface area contributed by atoms with Crippen LogP contribution in [0.15, 0.2) is 12.4 Å². The predicted octanol–water partition coefficient (Wildman–Crippen LogP) is 4.40. The molecular formula is C18H33BN2O2. The fourth-order valence-electron chi connectivity index (χ4n) is 3.36. The normalized spacial score (nSPS) is 26.5. The summed E-state index contributed by atoms with van der Waals surface area (Å²) < 4.78 is 14.9. The largest absolute Gasteiger partial charge is 0.464 e. The van der Waals surface area contributed by atoms with E-state index in [-0.39, 0.29) is 23.6 Å². The van der Waals surface area contributed by atoms with Gasteiger partial charge >= 0.3 is 7.12 Å². The van der Waals surface area contributed by atoms with E-state index in [2.05, 4.69) is 52.8 Å². The molecule has 2 heterocycles. The third-order valence-electron chi connectivity index (χ3n) is 5.79. The molecule has 0 aromatic carbocycles. The van der Waals surface area contributed by atoms with Crippen LogP contribution in [0.2, 0.25) is 5.31 Å². The molecule has 1 aromatic rings. The van der Waals surface area contributed by atoms with E-state index in [0.717, 1.165) is 19.3 Å². The van der Waals surface area contributed by atoms with Crippen LogP contribution in [0.5, 0.6) is 0 Å². The van der Waals surface area contributed by atoms with Crippen LogP contribution in [0.3, 0.4) is 0 Å². The van der Waals surface area contributed by atoms with Crippen molar-refractivity contribution >= 4 is 7.12 Å². The highest BCUT2D eigenvalue weighted by Gasteiger charge is 2.58. The average molecular weight is 320 g/mol. The minimum Gasteiger partial charge on any atom is -0.403 e. The van der Waals surface area contributed by atoms with Gasteiger partial charge in [0.15, 0.2) is 0 Å². The molecule has 0 radical (unpaired) electrons. The van der Waals surface area contributed by atoms with Crippen LogP contribution in [-0.2, 0) is 22.8 Å². The number of aromatic nitrogens is 2. The van der Waals surface area contributed by atoms with Crippen molar-refractivity contribution < 1.29 is 9.31 Å². The number of unbranched alkanes of at least 4 members (excludes halogenated alkanes) is 1. The molecule has 0 saturated carbocycles. The Bertz CT molecular complexity index is 531. The molecule has 1 saturated heterocycles. The zero-order chi connectivity index (χ0) is 17.3. The van der Waals surface area contributed by atoms with Crippen LogP contribution in [0.25, 0.3) is 0 Å². The van der Waals surface area contributed by atoms with E-state index in [4.69, 9.17) is 9.31 Å². The van der Waals surface area contributed by atoms with Crippen LogP contribution in [0.1, 0.15) is 72.8 Å². The highest BCUT2D eigenvalue weighted by atomic mass is 16.7. The lowest BCUT2D eigenvalue weighted by Gasteiger charge is -2.36. The first-order valence-electron chi connectivity index (χ1n) is 8.99. The molecule has 1 aliphatic heterocycles. The van der Waals surface area contributed by atoms with Gasteiger partial charge in [0.2, 0.25) is 0 Å². The number of aryl methyl sites for hydroxylation is 1. The fraction of sp³-hybridized carbons (Fsp3) is 0.833. The monoisotopic (exact) mass is 320 g/mol. The summed E-state index contributed by atoms with van der Waals surface area (Å²) in [6.45, 7) is 13.3. The van der Waals surface area contributed by atoms with Crippen molar-refractivity contribution in [2.75, 3.05) is 0 Å². The summed E-state index contributed by atoms with van der Waals surface area (Å²) in [4.78, 5) is 0. The Balaban J connectivity index is 2.18. The number of rotatable bonds is 7. The third kappa shape index (κ3) is 3.66. The van der Waals surface area contributed by atoms with Gasteiger partial charge in [-0.25, -0.2) is 0 Å². The lowest BCUT2D eigenvalue weighted by Crippen LogP contribution is -2.44. The van der Waals surface area contributed by atoms with Crippen molar-refractivity contribution in [3.8, 4) is 0 Å². The van der Waals surface area contributed by atoms with Crippen molar-refractivity contribution in [2.24, 2.45) is 7.05 Å². The van der Waals surface area contributed by atoms with E-state index in [1.807, 2.05) is 17.9 Å². The molecule has 130 valence electrons. The summed E-state index contributed by atoms with van der Waals surface area (Å²) in [5.41, 5.74) is 0.751. The molecule has 1 aromatic heterocycles. The van der Waals surface area contributed by atoms with Gasteiger partial charge in [0.1, 0.15) is 0 Å². The first-order chi connectivity index (χ1) is 10.7. The molecule has 0 amide bonds. The summed E-state index contributed by atoms with van der Waals surface area (Å²) >= 11 is 0. The third-order valence-corrected chi connectivity index (χ3v) is 5.79. The number of hydrogen-bond acceptors (Lipinski definition) is 3. The minimum atomic E-state index is -0.266. The van der Waals surface area contributed by atoms with Crippen molar-refractivity contribution in [1.29, 1.82) is 0 Å². The maximum Gasteiger partial charge on any atom is 0.464 e. The zero-order valence-electron chi connectivity index (χ0n) is 16.0. The lowest BCUT2D eigenvalue weighted by molar-refractivity contribution is -0.0169. The van der Waals surface area contributed by atoms with Gasteiger partial charge in [-0.1, -0.05) is 40.0 Å². The van der Waals surface area contributed by atoms with Crippen LogP contribution < -0.4 is 0 Å². The topological polar surface area (TPSA) is 36.3 Å². The summed E-state index contributed by atoms with van der Waals surface area (Å²) in [6.07, 6.45) is 9.35. The minimum absolute atomic E-state index is 0.0513. The zero-order valence-corrected chi connectivity index (χ0v) is 16.0. The number of hydrogen-bond donors (Lipinski definition) is 0. The van der Waals surface area contributed by atoms with E-state index in [1.54, 1.807) is 0 Å². The standard InChI is InChI=1S/C18H33BN2O2/c1-8-10-11-18(6)16(3,4)22-19(23-18)17(5,9-2)12-15-13-20-21(7)14-15/h13-14H,8-12H2,1-7H3. The molecule has 23 heavy (non-hydrogen) atoms. The van der Waals surface area contributed by atoms with Crippen molar-refractivity contribution in [3.05, 3.63) is 18.0 Å². The molecule has 1 aliphatic rings. The number of nitrogens with zero attached hydrogens (tertiary/aromatic N) is 2. The van der Waals surface area contributed by atoms with Crippen molar-refractivity contribution in [1.82, 2.24) is 9.78 Å². The first-order valence-corrected chi connectivity index (χ1v) is 8.99. The Kier molecular flexibility index (Phi) is 5.32. The van der Waals surface area contributed by atoms with Crippen LogP contribution in [0, 0.1) is 0 Å². The first kappa shape index (κ1) is 18.5. The summed E-state index contributed by atoms with van der Waals surface area (Å²) in [7, 11) is 1.78. The Labute approximate surface area is 142 Å². The van der Waals surface area contributed by atoms with E-state index in [1.165, 1.54) is 18.4 Å². The lowest BCUT2D eigenvalue weighted by atomic mass is 9.54. The van der Waals surface area contributed by atoms with Gasteiger partial charge in [0, 0.05) is 18.6 Å². The van der Waals surface area contributed by atoms with Gasteiger partial charge in [-0.3, -0.25) is 4.68 Å². The van der Waals surface area contributed by atoms with Crippen molar-refractivity contribution in [2.45, 2.75) is 90.2 Å². The summed E-state index contributed by atoms with van der Waals surface area (Å²) in [6, 6.07) is 0. The maximum absolute atomic E-state index is 6.55. The predicted molar refractivity (Wildman–Crippen MR) is 95.5 cm³/mol. The van der Waals surface area contributed by atoms with Gasteiger partial charge in [-0.15, -0.1) is 0 Å². The van der Waals surface area contributed by atoms with Gasteiger partial charge in [-0.05, 0) is 39.2 Å². The molecular weight excluding hydrogens is 287 g/mol. The fourth-order valence-corrected chi connectivity index (χ4v) is 3.36. The van der Waals surface area contributed by atoms with Crippen LogP contribution in [0.4, 0.5) is 0 Å². The second-order valence-electron chi connectivity index (χ2n) is 8.12. The summed E-state index contributed by atoms with van der Waals surface area (Å²) in [5, 5.41) is 4.24. The second-order valence-corrected chi connectivity index (χ2v) is 8.12. The quantitative estimate of drug-likeness (QED) is 0.699. The van der Waals surface area contributed by atoms with E-state index < -0.39 is 0 Å². The molecule has 2 rings (SSSR count). The smallest absolute Gasteiger partial charge is 0.403 e. The highest BCUT2D eigenvalue weighted by molar-refractivity contribution is 6.49. The molecule has 0 N–H and O–H groups in total. The van der Waals surface area contributed by atoms with E-state index in [0.29, 0.717) is 0 Å². The Morgan fingerprint density at radius 2 is 1.96 bits per heavy atom. The molecule has 5 heteroatoms. The SMILES string of the molecule is CCCCC1(C)OB(C(C)(CC)Cc2cnn(C)c2)OC1(C)C. The van der Waals surface area contributed by atoms with E-state index >= 15 is 0 Å². The second kappa shape index (κ2) is 6.60. The molecule has 2 atom stereocenters. The van der Waals surface area contributed by atoms with Gasteiger partial charge in [-0.2, -0.15) is 5.10 Å². The Morgan fingerprint density at radius 3 is 2.48 bits per heavy atom. The van der Waals surface area contributed by atoms with Crippen LogP contribution >= 0.6 is 0 Å². The maximum atomic E-state index is 6.55. The molecule has 0 spiro atoms. The van der Waals surface area contributed by atoms with E-state index in [9.17, 15) is 0 Å². The molecule has 0 bridgehead atoms. The molecule has 4 nitrogen and oxygen atoms in total. The Morgan fingerprint density at radius 1 is 1.26 bits per heavy atom. The van der Waals surface area contributed by atoms with Crippen LogP contribution in [-0.4, -0.2) is 28.1 Å². The molecule has 2 unspecified atom stereocenters. The van der Waals surface area contributed by atoms with Gasteiger partial charge in [0.05, 0.1) is 17.4 Å². The average Bonchev–Trinajstić information content (AvgIpc) is 2.98. The Hall–Kier alpha value is -0.805. The van der Waals surface area contributed by atoms with Crippen molar-refractivity contribution in [3.63, 3.8) is 0 Å². The molecule has 1 fully saturated rings. The van der Waals surface area contributed by atoms with Gasteiger partial charge < -0.3 is 9.31 Å². The summed E-state index contributed by atoms with van der Waals surface area (Å²) in [5.74, 6) is 0. The highest BCUT2D eigenvalue weighted by Crippen LogP contribution is 2.49. The molecule has 0 aliphatic carbocycles. The van der Waals surface area contributed by atoms with Gasteiger partial charge in [0.25, 0.3) is 0 Å².